The summed E-state index contributed by atoms with van der Waals surface area (Å²) in [6.45, 7) is 3.12. The molecule has 0 fully saturated rings. The van der Waals surface area contributed by atoms with E-state index in [1.807, 2.05) is 0 Å². The number of rotatable bonds is 3. The molecule has 0 amide bonds. The third-order valence-corrected chi connectivity index (χ3v) is 1.30. The van der Waals surface area contributed by atoms with Crippen LogP contribution in [0.2, 0.25) is 0 Å². The number of hydrogen-bond donors (Lipinski definition) is 1. The van der Waals surface area contributed by atoms with Crippen LogP contribution in [0.4, 0.5) is 0 Å². The molecule has 10 heavy (non-hydrogen) atoms. The highest BCUT2D eigenvalue weighted by molar-refractivity contribution is 6.20. The van der Waals surface area contributed by atoms with Gasteiger partial charge in [-0.1, -0.05) is 18.5 Å². The van der Waals surface area contributed by atoms with Crippen LogP contribution in [0.15, 0.2) is 0 Å². The maximum Gasteiger partial charge on any atom is 0.336 e. The van der Waals surface area contributed by atoms with Crippen LogP contribution >= 0.6 is 11.6 Å². The molecule has 0 rings (SSSR count). The quantitative estimate of drug-likeness (QED) is 0.500. The summed E-state index contributed by atoms with van der Waals surface area (Å²) in [5, 5.41) is 8.63. The number of aliphatic hydroxyl groups is 1. The molecule has 0 saturated carbocycles. The number of esters is 1. The Bertz CT molecular complexity index is 114. The standard InChI is InChI=1S/C6H11ClO3/c1-3-5(7)10-6(9)4(2)8/h4-5,8H,3H2,1-2H3. The SMILES string of the molecule is CCC(Cl)OC(=O)C(C)O. The number of aliphatic hydroxyl groups excluding tert-OH is 1. The van der Waals surface area contributed by atoms with Gasteiger partial charge >= 0.3 is 5.97 Å². The smallest absolute Gasteiger partial charge is 0.336 e. The summed E-state index contributed by atoms with van der Waals surface area (Å²) in [6.07, 6.45) is -0.548. The van der Waals surface area contributed by atoms with Gasteiger partial charge in [0.15, 0.2) is 5.56 Å². The van der Waals surface area contributed by atoms with Gasteiger partial charge in [-0.15, -0.1) is 0 Å². The second-order valence-corrected chi connectivity index (χ2v) is 2.42. The van der Waals surface area contributed by atoms with E-state index in [0.29, 0.717) is 6.42 Å². The summed E-state index contributed by atoms with van der Waals surface area (Å²) in [4.78, 5) is 10.6. The molecule has 0 aromatic heterocycles. The predicted molar refractivity (Wildman–Crippen MR) is 37.7 cm³/mol. The minimum absolute atomic E-state index is 0.542. The van der Waals surface area contributed by atoms with E-state index in [9.17, 15) is 4.79 Å². The van der Waals surface area contributed by atoms with E-state index in [1.165, 1.54) is 6.92 Å². The van der Waals surface area contributed by atoms with Gasteiger partial charge in [0.1, 0.15) is 6.10 Å². The zero-order valence-corrected chi connectivity index (χ0v) is 6.76. The summed E-state index contributed by atoms with van der Waals surface area (Å²) in [5.74, 6) is -0.679. The molecule has 0 aliphatic rings. The number of ether oxygens (including phenoxy) is 1. The van der Waals surface area contributed by atoms with E-state index in [4.69, 9.17) is 16.7 Å². The molecule has 0 aromatic rings. The number of hydrogen-bond acceptors (Lipinski definition) is 3. The zero-order valence-electron chi connectivity index (χ0n) is 6.00. The lowest BCUT2D eigenvalue weighted by Crippen LogP contribution is -2.22. The van der Waals surface area contributed by atoms with Crippen molar-refractivity contribution < 1.29 is 14.6 Å². The second-order valence-electron chi connectivity index (χ2n) is 1.93. The lowest BCUT2D eigenvalue weighted by molar-refractivity contribution is -0.154. The fourth-order valence-corrected chi connectivity index (χ4v) is 0.396. The fourth-order valence-electron chi connectivity index (χ4n) is 0.308. The van der Waals surface area contributed by atoms with Crippen LogP contribution in [0.5, 0.6) is 0 Å². The highest BCUT2D eigenvalue weighted by Crippen LogP contribution is 2.04. The molecule has 0 heterocycles. The topological polar surface area (TPSA) is 46.5 Å². The van der Waals surface area contributed by atoms with E-state index in [-0.39, 0.29) is 0 Å². The molecule has 3 nitrogen and oxygen atoms in total. The first-order chi connectivity index (χ1) is 4.57. The number of carbonyl (C=O) groups is 1. The average molecular weight is 167 g/mol. The van der Waals surface area contributed by atoms with Gasteiger partial charge in [-0.05, 0) is 13.3 Å². The van der Waals surface area contributed by atoms with Crippen LogP contribution in [-0.4, -0.2) is 22.7 Å². The summed E-state index contributed by atoms with van der Waals surface area (Å²) in [7, 11) is 0. The van der Waals surface area contributed by atoms with Gasteiger partial charge < -0.3 is 9.84 Å². The monoisotopic (exact) mass is 166 g/mol. The largest absolute Gasteiger partial charge is 0.444 e. The number of halogens is 1. The maximum atomic E-state index is 10.6. The lowest BCUT2D eigenvalue weighted by atomic mass is 10.4. The van der Waals surface area contributed by atoms with E-state index < -0.39 is 17.6 Å². The summed E-state index contributed by atoms with van der Waals surface area (Å²) >= 11 is 5.45. The Morgan fingerprint density at radius 1 is 1.80 bits per heavy atom. The van der Waals surface area contributed by atoms with Gasteiger partial charge in [-0.3, -0.25) is 0 Å². The lowest BCUT2D eigenvalue weighted by Gasteiger charge is -2.09. The van der Waals surface area contributed by atoms with Crippen molar-refractivity contribution in [3.8, 4) is 0 Å². The predicted octanol–water partition coefficient (Wildman–Crippen LogP) is 0.885. The number of carbonyl (C=O) groups excluding carboxylic acids is 1. The van der Waals surface area contributed by atoms with Crippen molar-refractivity contribution in [1.82, 2.24) is 0 Å². The van der Waals surface area contributed by atoms with Crippen LogP contribution in [0.25, 0.3) is 0 Å². The van der Waals surface area contributed by atoms with Crippen LogP contribution in [0.3, 0.4) is 0 Å². The molecule has 0 saturated heterocycles. The highest BCUT2D eigenvalue weighted by Gasteiger charge is 2.13. The Hall–Kier alpha value is -0.280. The molecule has 2 unspecified atom stereocenters. The van der Waals surface area contributed by atoms with E-state index in [1.54, 1.807) is 6.92 Å². The third-order valence-electron chi connectivity index (χ3n) is 0.906. The Morgan fingerprint density at radius 2 is 2.30 bits per heavy atom. The molecule has 0 aromatic carbocycles. The first-order valence-electron chi connectivity index (χ1n) is 3.10. The summed E-state index contributed by atoms with van der Waals surface area (Å²) < 4.78 is 4.54. The molecule has 0 bridgehead atoms. The van der Waals surface area contributed by atoms with Crippen molar-refractivity contribution in [2.24, 2.45) is 0 Å². The van der Waals surface area contributed by atoms with Crippen molar-refractivity contribution >= 4 is 17.6 Å². The Labute approximate surface area is 64.9 Å². The highest BCUT2D eigenvalue weighted by atomic mass is 35.5. The van der Waals surface area contributed by atoms with Crippen molar-refractivity contribution in [1.29, 1.82) is 0 Å². The fraction of sp³-hybridized carbons (Fsp3) is 0.833. The van der Waals surface area contributed by atoms with Crippen molar-refractivity contribution in [2.75, 3.05) is 0 Å². The first kappa shape index (κ1) is 9.72. The van der Waals surface area contributed by atoms with Crippen molar-refractivity contribution in [2.45, 2.75) is 31.9 Å². The molecule has 0 aliphatic heterocycles. The van der Waals surface area contributed by atoms with Crippen LogP contribution in [0.1, 0.15) is 20.3 Å². The van der Waals surface area contributed by atoms with Crippen LogP contribution in [0, 0.1) is 0 Å². The minimum atomic E-state index is -1.09. The van der Waals surface area contributed by atoms with Gasteiger partial charge in [0.2, 0.25) is 0 Å². The molecule has 0 spiro atoms. The van der Waals surface area contributed by atoms with Gasteiger partial charge in [0, 0.05) is 0 Å². The molecular formula is C6H11ClO3. The molecule has 0 aliphatic carbocycles. The second kappa shape index (κ2) is 4.52. The first-order valence-corrected chi connectivity index (χ1v) is 3.54. The molecular weight excluding hydrogens is 156 g/mol. The molecule has 2 atom stereocenters. The number of alkyl halides is 1. The normalized spacial score (nSPS) is 16.0. The Morgan fingerprint density at radius 3 is 2.60 bits per heavy atom. The van der Waals surface area contributed by atoms with Gasteiger partial charge in [0.05, 0.1) is 0 Å². The maximum absolute atomic E-state index is 10.6. The zero-order chi connectivity index (χ0) is 8.15. The molecule has 1 N–H and O–H groups in total. The Kier molecular flexibility index (Phi) is 4.40. The van der Waals surface area contributed by atoms with E-state index in [2.05, 4.69) is 4.74 Å². The van der Waals surface area contributed by atoms with Crippen molar-refractivity contribution in [3.63, 3.8) is 0 Å². The van der Waals surface area contributed by atoms with Gasteiger partial charge in [-0.2, -0.15) is 0 Å². The molecule has 0 radical (unpaired) electrons. The summed E-state index contributed by atoms with van der Waals surface area (Å²) in [6, 6.07) is 0. The average Bonchev–Trinajstić information content (AvgIpc) is 1.87. The molecule has 4 heteroatoms. The minimum Gasteiger partial charge on any atom is -0.444 e. The Balaban J connectivity index is 3.57. The van der Waals surface area contributed by atoms with Crippen LogP contribution < -0.4 is 0 Å². The van der Waals surface area contributed by atoms with Crippen molar-refractivity contribution in [3.05, 3.63) is 0 Å². The summed E-state index contributed by atoms with van der Waals surface area (Å²) in [5.41, 5.74) is -0.623. The molecule has 60 valence electrons. The van der Waals surface area contributed by atoms with Gasteiger partial charge in [0.25, 0.3) is 0 Å². The van der Waals surface area contributed by atoms with Gasteiger partial charge in [-0.25, -0.2) is 4.79 Å². The van der Waals surface area contributed by atoms with Crippen LogP contribution in [-0.2, 0) is 9.53 Å². The van der Waals surface area contributed by atoms with E-state index in [0.717, 1.165) is 0 Å². The van der Waals surface area contributed by atoms with E-state index >= 15 is 0 Å². The third kappa shape index (κ3) is 3.69.